The Balaban J connectivity index is 1.65. The maximum absolute atomic E-state index is 13.6. The van der Waals surface area contributed by atoms with E-state index in [1.807, 2.05) is 49.1 Å². The average molecular weight is 445 g/mol. The van der Waals surface area contributed by atoms with Crippen LogP contribution in [0.15, 0.2) is 67.1 Å². The van der Waals surface area contributed by atoms with Crippen LogP contribution in [0.1, 0.15) is 29.8 Å². The Morgan fingerprint density at radius 2 is 1.85 bits per heavy atom. The normalized spacial score (nSPS) is 16.1. The van der Waals surface area contributed by atoms with Gasteiger partial charge in [-0.1, -0.05) is 24.3 Å². The zero-order valence-corrected chi connectivity index (χ0v) is 19.0. The van der Waals surface area contributed by atoms with E-state index >= 15 is 0 Å². The molecule has 170 valence electrons. The second kappa shape index (κ2) is 10.3. The molecule has 1 atom stereocenters. The van der Waals surface area contributed by atoms with Gasteiger partial charge >= 0.3 is 0 Å². The minimum absolute atomic E-state index is 0.0340. The number of likely N-dealkylation sites (N-methyl/N-ethyl adjacent to an activating group) is 1. The van der Waals surface area contributed by atoms with Crippen LogP contribution in [0.25, 0.3) is 11.1 Å². The van der Waals surface area contributed by atoms with E-state index in [4.69, 9.17) is 4.74 Å². The van der Waals surface area contributed by atoms with E-state index in [1.165, 1.54) is 0 Å². The fourth-order valence-electron chi connectivity index (χ4n) is 4.20. The SMILES string of the molecule is CCOc1ncccc1C(=O)N1CCN(CC)C(=O)[C@@H]1Cc1cccc(-c2ccncc2)c1. The molecular weight excluding hydrogens is 416 g/mol. The van der Waals surface area contributed by atoms with Crippen molar-refractivity contribution in [1.29, 1.82) is 0 Å². The van der Waals surface area contributed by atoms with Crippen molar-refractivity contribution in [3.63, 3.8) is 0 Å². The van der Waals surface area contributed by atoms with Crippen molar-refractivity contribution in [3.8, 4) is 17.0 Å². The molecule has 4 rings (SSSR count). The van der Waals surface area contributed by atoms with Crippen LogP contribution < -0.4 is 4.74 Å². The number of piperazine rings is 1. The lowest BCUT2D eigenvalue weighted by Crippen LogP contribution is -2.59. The third-order valence-corrected chi connectivity index (χ3v) is 5.88. The molecule has 1 aromatic carbocycles. The molecule has 0 radical (unpaired) electrons. The zero-order chi connectivity index (χ0) is 23.2. The molecule has 2 aromatic heterocycles. The van der Waals surface area contributed by atoms with Crippen molar-refractivity contribution in [3.05, 3.63) is 78.2 Å². The molecule has 3 aromatic rings. The summed E-state index contributed by atoms with van der Waals surface area (Å²) in [4.78, 5) is 38.7. The number of pyridine rings is 2. The molecule has 0 saturated carbocycles. The number of nitrogens with zero attached hydrogens (tertiary/aromatic N) is 4. The van der Waals surface area contributed by atoms with Gasteiger partial charge < -0.3 is 14.5 Å². The molecule has 1 fully saturated rings. The number of ether oxygens (including phenoxy) is 1. The molecule has 0 aliphatic carbocycles. The molecule has 3 heterocycles. The van der Waals surface area contributed by atoms with Gasteiger partial charge in [0.15, 0.2) is 0 Å². The third-order valence-electron chi connectivity index (χ3n) is 5.88. The number of carbonyl (C=O) groups is 2. The number of aromatic nitrogens is 2. The highest BCUT2D eigenvalue weighted by molar-refractivity contribution is 6.00. The van der Waals surface area contributed by atoms with Crippen LogP contribution in [0.4, 0.5) is 0 Å². The predicted octanol–water partition coefficient (Wildman–Crippen LogP) is 3.46. The zero-order valence-electron chi connectivity index (χ0n) is 19.0. The lowest BCUT2D eigenvalue weighted by Gasteiger charge is -2.40. The maximum Gasteiger partial charge on any atom is 0.260 e. The molecule has 0 spiro atoms. The topological polar surface area (TPSA) is 75.6 Å². The van der Waals surface area contributed by atoms with Gasteiger partial charge in [-0.3, -0.25) is 14.6 Å². The number of amides is 2. The largest absolute Gasteiger partial charge is 0.477 e. The van der Waals surface area contributed by atoms with Crippen molar-refractivity contribution >= 4 is 11.8 Å². The fourth-order valence-corrected chi connectivity index (χ4v) is 4.20. The van der Waals surface area contributed by atoms with Gasteiger partial charge in [-0.2, -0.15) is 0 Å². The quantitative estimate of drug-likeness (QED) is 0.558. The Morgan fingerprint density at radius 1 is 1.03 bits per heavy atom. The van der Waals surface area contributed by atoms with Crippen molar-refractivity contribution in [2.24, 2.45) is 0 Å². The Labute approximate surface area is 194 Å². The summed E-state index contributed by atoms with van der Waals surface area (Å²) in [6.45, 7) is 5.82. The summed E-state index contributed by atoms with van der Waals surface area (Å²) in [5.41, 5.74) is 3.48. The Kier molecular flexibility index (Phi) is 6.98. The van der Waals surface area contributed by atoms with E-state index < -0.39 is 6.04 Å². The number of hydrogen-bond acceptors (Lipinski definition) is 5. The number of benzene rings is 1. The number of carbonyl (C=O) groups excluding carboxylic acids is 2. The average Bonchev–Trinajstić information content (AvgIpc) is 2.86. The second-order valence-electron chi connectivity index (χ2n) is 7.86. The fraction of sp³-hybridized carbons (Fsp3) is 0.308. The second-order valence-corrected chi connectivity index (χ2v) is 7.86. The highest BCUT2D eigenvalue weighted by atomic mass is 16.5. The van der Waals surface area contributed by atoms with Crippen LogP contribution in [-0.4, -0.2) is 63.9 Å². The molecule has 1 aliphatic heterocycles. The number of rotatable bonds is 7. The maximum atomic E-state index is 13.6. The van der Waals surface area contributed by atoms with E-state index in [0.717, 1.165) is 16.7 Å². The van der Waals surface area contributed by atoms with Crippen molar-refractivity contribution in [2.45, 2.75) is 26.3 Å². The highest BCUT2D eigenvalue weighted by Gasteiger charge is 2.38. The highest BCUT2D eigenvalue weighted by Crippen LogP contribution is 2.25. The van der Waals surface area contributed by atoms with Crippen LogP contribution in [0.3, 0.4) is 0 Å². The van der Waals surface area contributed by atoms with Crippen LogP contribution in [0.5, 0.6) is 5.88 Å². The lowest BCUT2D eigenvalue weighted by atomic mass is 9.97. The van der Waals surface area contributed by atoms with Gasteiger partial charge in [0, 0.05) is 44.6 Å². The predicted molar refractivity (Wildman–Crippen MR) is 126 cm³/mol. The lowest BCUT2D eigenvalue weighted by molar-refractivity contribution is -0.139. The Bertz CT molecular complexity index is 1120. The van der Waals surface area contributed by atoms with Gasteiger partial charge in [0.1, 0.15) is 11.6 Å². The van der Waals surface area contributed by atoms with E-state index in [0.29, 0.717) is 44.1 Å². The molecule has 7 heteroatoms. The summed E-state index contributed by atoms with van der Waals surface area (Å²) in [6.07, 6.45) is 5.56. The smallest absolute Gasteiger partial charge is 0.260 e. The summed E-state index contributed by atoms with van der Waals surface area (Å²) < 4.78 is 5.58. The van der Waals surface area contributed by atoms with Gasteiger partial charge in [0.2, 0.25) is 11.8 Å². The van der Waals surface area contributed by atoms with E-state index in [1.54, 1.807) is 35.6 Å². The summed E-state index contributed by atoms with van der Waals surface area (Å²) in [5.74, 6) is 0.0352. The first-order valence-corrected chi connectivity index (χ1v) is 11.3. The minimum Gasteiger partial charge on any atom is -0.477 e. The van der Waals surface area contributed by atoms with Gasteiger partial charge in [-0.05, 0) is 54.8 Å². The molecule has 33 heavy (non-hydrogen) atoms. The van der Waals surface area contributed by atoms with Crippen LogP contribution in [-0.2, 0) is 11.2 Å². The van der Waals surface area contributed by atoms with Crippen molar-refractivity contribution in [1.82, 2.24) is 19.8 Å². The summed E-state index contributed by atoms with van der Waals surface area (Å²) in [7, 11) is 0. The van der Waals surface area contributed by atoms with E-state index in [-0.39, 0.29) is 11.8 Å². The monoisotopic (exact) mass is 444 g/mol. The van der Waals surface area contributed by atoms with Gasteiger partial charge in [-0.15, -0.1) is 0 Å². The van der Waals surface area contributed by atoms with Gasteiger partial charge in [0.25, 0.3) is 5.91 Å². The van der Waals surface area contributed by atoms with E-state index in [9.17, 15) is 9.59 Å². The van der Waals surface area contributed by atoms with E-state index in [2.05, 4.69) is 16.0 Å². The van der Waals surface area contributed by atoms with Gasteiger partial charge in [0.05, 0.1) is 6.61 Å². The Morgan fingerprint density at radius 3 is 2.61 bits per heavy atom. The molecular formula is C26H28N4O3. The Hall–Kier alpha value is -3.74. The summed E-state index contributed by atoms with van der Waals surface area (Å²) in [6, 6.07) is 14.8. The van der Waals surface area contributed by atoms with Crippen molar-refractivity contribution in [2.75, 3.05) is 26.2 Å². The first kappa shape index (κ1) is 22.5. The molecule has 0 N–H and O–H groups in total. The first-order chi connectivity index (χ1) is 16.1. The van der Waals surface area contributed by atoms with Crippen LogP contribution >= 0.6 is 0 Å². The van der Waals surface area contributed by atoms with Crippen LogP contribution in [0, 0.1) is 0 Å². The third kappa shape index (κ3) is 4.87. The number of hydrogen-bond donors (Lipinski definition) is 0. The summed E-state index contributed by atoms with van der Waals surface area (Å²) >= 11 is 0. The van der Waals surface area contributed by atoms with Crippen LogP contribution in [0.2, 0.25) is 0 Å². The first-order valence-electron chi connectivity index (χ1n) is 11.3. The van der Waals surface area contributed by atoms with Crippen molar-refractivity contribution < 1.29 is 14.3 Å². The molecule has 7 nitrogen and oxygen atoms in total. The molecule has 1 aliphatic rings. The summed E-state index contributed by atoms with van der Waals surface area (Å²) in [5, 5.41) is 0. The molecule has 0 unspecified atom stereocenters. The van der Waals surface area contributed by atoms with Gasteiger partial charge in [-0.25, -0.2) is 4.98 Å². The minimum atomic E-state index is -0.589. The molecule has 0 bridgehead atoms. The standard InChI is InChI=1S/C26H28N4O3/c1-3-29-15-16-30(25(31)22-9-6-12-28-24(22)33-4-2)23(26(29)32)18-19-7-5-8-21(17-19)20-10-13-27-14-11-20/h5-14,17,23H,3-4,15-16,18H2,1-2H3/t23-/m0/s1. The molecule has 2 amide bonds. The molecule has 1 saturated heterocycles.